The molecule has 0 aliphatic carbocycles. The fourth-order valence-electron chi connectivity index (χ4n) is 1.68. The van der Waals surface area contributed by atoms with E-state index in [1.807, 2.05) is 6.08 Å². The Morgan fingerprint density at radius 1 is 1.47 bits per heavy atom. The van der Waals surface area contributed by atoms with Gasteiger partial charge in [0.05, 0.1) is 0 Å². The van der Waals surface area contributed by atoms with Gasteiger partial charge in [-0.3, -0.25) is 0 Å². The third-order valence-corrected chi connectivity index (χ3v) is 3.90. The maximum atomic E-state index is 5.76. The van der Waals surface area contributed by atoms with Gasteiger partial charge in [0.25, 0.3) is 0 Å². The zero-order valence-corrected chi connectivity index (χ0v) is 12.2. The molecule has 94 valence electrons. The fourth-order valence-corrected chi connectivity index (χ4v) is 2.73. The van der Waals surface area contributed by atoms with E-state index in [-0.39, 0.29) is 0 Å². The summed E-state index contributed by atoms with van der Waals surface area (Å²) in [7, 11) is 1.29. The minimum atomic E-state index is -0.451. The monoisotopic (exact) mass is 250 g/mol. The van der Waals surface area contributed by atoms with Gasteiger partial charge in [-0.15, -0.1) is 0 Å². The molecule has 0 fully saturated rings. The van der Waals surface area contributed by atoms with E-state index < -0.39 is 9.76 Å². The Labute approximate surface area is 107 Å². The second-order valence-electron chi connectivity index (χ2n) is 4.33. The fraction of sp³-hybridized carbons (Fsp3) is 0.429. The van der Waals surface area contributed by atoms with Gasteiger partial charge < -0.3 is 9.16 Å². The number of methoxy groups -OCH3 is 1. The van der Waals surface area contributed by atoms with Crippen LogP contribution in [0.25, 0.3) is 6.08 Å². The Bertz CT molecular complexity index is 339. The van der Waals surface area contributed by atoms with Crippen LogP contribution in [0.3, 0.4) is 0 Å². The Morgan fingerprint density at radius 2 is 2.29 bits per heavy atom. The van der Waals surface area contributed by atoms with E-state index in [0.29, 0.717) is 5.54 Å². The zero-order chi connectivity index (χ0) is 12.5. The molecular weight excluding hydrogens is 228 g/mol. The van der Waals surface area contributed by atoms with E-state index in [9.17, 15) is 0 Å². The molecule has 1 rings (SSSR count). The first-order valence-corrected chi connectivity index (χ1v) is 7.43. The van der Waals surface area contributed by atoms with Crippen molar-refractivity contribution in [3.8, 4) is 0 Å². The van der Waals surface area contributed by atoms with Gasteiger partial charge in [0.15, 0.2) is 9.76 Å². The second kappa shape index (κ2) is 8.23. The first kappa shape index (κ1) is 14.2. The lowest BCUT2D eigenvalue weighted by atomic mass is 10.1. The Morgan fingerprint density at radius 3 is 3.00 bits per heavy atom. The summed E-state index contributed by atoms with van der Waals surface area (Å²) in [6.45, 7) is 7.60. The van der Waals surface area contributed by atoms with Crippen molar-refractivity contribution in [3.05, 3.63) is 42.0 Å². The van der Waals surface area contributed by atoms with Gasteiger partial charge in [-0.05, 0) is 23.1 Å². The van der Waals surface area contributed by atoms with Crippen LogP contribution in [0, 0.1) is 0 Å². The molecule has 0 saturated carbocycles. The van der Waals surface area contributed by atoms with Crippen LogP contribution in [0.5, 0.6) is 0 Å². The molecule has 3 heteroatoms. The van der Waals surface area contributed by atoms with Gasteiger partial charge in [0.1, 0.15) is 0 Å². The van der Waals surface area contributed by atoms with Crippen LogP contribution < -0.4 is 0 Å². The molecule has 17 heavy (non-hydrogen) atoms. The molecule has 1 atom stereocenters. The van der Waals surface area contributed by atoms with Gasteiger partial charge in [-0.2, -0.15) is 0 Å². The molecule has 0 bridgehead atoms. The minimum absolute atomic E-state index is 0.451. The van der Waals surface area contributed by atoms with E-state index in [0.717, 1.165) is 19.6 Å². The lowest BCUT2D eigenvalue weighted by Crippen LogP contribution is -2.12. The predicted molar refractivity (Wildman–Crippen MR) is 76.0 cm³/mol. The van der Waals surface area contributed by atoms with Crippen molar-refractivity contribution >= 4 is 15.8 Å². The molecule has 0 radical (unpaired) electrons. The topological polar surface area (TPSA) is 18.5 Å². The molecular formula is C14H22O2Si. The van der Waals surface area contributed by atoms with Crippen LogP contribution in [0.15, 0.2) is 30.8 Å². The largest absolute Gasteiger partial charge is 0.423 e. The maximum absolute atomic E-state index is 5.76. The summed E-state index contributed by atoms with van der Waals surface area (Å²) in [5.74, 6) is 0. The zero-order valence-electron chi connectivity index (χ0n) is 10.8. The Hall–Kier alpha value is -0.903. The lowest BCUT2D eigenvalue weighted by Gasteiger charge is -2.10. The molecule has 0 aliphatic heterocycles. The second-order valence-corrected chi connectivity index (χ2v) is 6.47. The number of ether oxygens (including phenoxy) is 1. The Kier molecular flexibility index (Phi) is 6.85. The van der Waals surface area contributed by atoms with E-state index in [1.54, 1.807) is 7.11 Å². The van der Waals surface area contributed by atoms with Crippen molar-refractivity contribution in [1.29, 1.82) is 0 Å². The molecule has 0 N–H and O–H groups in total. The highest BCUT2D eigenvalue weighted by Gasteiger charge is 2.02. The maximum Gasteiger partial charge on any atom is 0.166 e. The number of benzene rings is 1. The average molecular weight is 250 g/mol. The number of hydrogen-bond donors (Lipinski definition) is 0. The quantitative estimate of drug-likeness (QED) is 0.521. The molecule has 0 heterocycles. The van der Waals surface area contributed by atoms with E-state index in [2.05, 4.69) is 37.8 Å². The van der Waals surface area contributed by atoms with Crippen molar-refractivity contribution in [1.82, 2.24) is 0 Å². The number of rotatable bonds is 8. The highest BCUT2D eigenvalue weighted by molar-refractivity contribution is 6.29. The molecule has 1 aromatic rings. The predicted octanol–water partition coefficient (Wildman–Crippen LogP) is 2.43. The third-order valence-electron chi connectivity index (χ3n) is 2.58. The van der Waals surface area contributed by atoms with Crippen LogP contribution in [-0.4, -0.2) is 30.1 Å². The van der Waals surface area contributed by atoms with Crippen molar-refractivity contribution in [2.75, 3.05) is 20.3 Å². The van der Waals surface area contributed by atoms with Gasteiger partial charge in [-0.1, -0.05) is 43.8 Å². The summed E-state index contributed by atoms with van der Waals surface area (Å²) in [5.41, 5.74) is 3.09. The van der Waals surface area contributed by atoms with Crippen LogP contribution in [-0.2, 0) is 15.6 Å². The molecule has 0 aliphatic rings. The number of hydrogen-bond acceptors (Lipinski definition) is 2. The summed E-state index contributed by atoms with van der Waals surface area (Å²) >= 11 is 0. The van der Waals surface area contributed by atoms with Gasteiger partial charge in [-0.25, -0.2) is 0 Å². The van der Waals surface area contributed by atoms with E-state index in [1.165, 1.54) is 11.1 Å². The summed E-state index contributed by atoms with van der Waals surface area (Å²) in [6, 6.07) is 8.43. The molecule has 0 spiro atoms. The van der Waals surface area contributed by atoms with Crippen LogP contribution in [0.2, 0.25) is 5.54 Å². The standard InChI is InChI=1S/C14H22O2Si/c1-4-13-6-5-7-14(10-13)8-9-16-17-12(2)11-15-3/h4-7,10,12H,1,8-9,11,17H2,2-3H3. The third kappa shape index (κ3) is 5.82. The van der Waals surface area contributed by atoms with Crippen molar-refractivity contribution in [2.24, 2.45) is 0 Å². The highest BCUT2D eigenvalue weighted by Crippen LogP contribution is 2.08. The molecule has 0 amide bonds. The van der Waals surface area contributed by atoms with Gasteiger partial charge in [0, 0.05) is 20.3 Å². The molecule has 1 aromatic carbocycles. The SMILES string of the molecule is C=Cc1cccc(CCO[SiH2]C(C)COC)c1. The van der Waals surface area contributed by atoms with Crippen LogP contribution >= 0.6 is 0 Å². The molecule has 1 unspecified atom stereocenters. The van der Waals surface area contributed by atoms with Gasteiger partial charge in [0.2, 0.25) is 0 Å². The highest BCUT2D eigenvalue weighted by atomic mass is 28.2. The van der Waals surface area contributed by atoms with Crippen molar-refractivity contribution in [2.45, 2.75) is 18.9 Å². The van der Waals surface area contributed by atoms with Crippen molar-refractivity contribution < 1.29 is 9.16 Å². The summed E-state index contributed by atoms with van der Waals surface area (Å²) in [6.07, 6.45) is 2.86. The van der Waals surface area contributed by atoms with Crippen LogP contribution in [0.4, 0.5) is 0 Å². The van der Waals surface area contributed by atoms with Crippen molar-refractivity contribution in [3.63, 3.8) is 0 Å². The van der Waals surface area contributed by atoms with Crippen LogP contribution in [0.1, 0.15) is 18.1 Å². The smallest absolute Gasteiger partial charge is 0.166 e. The molecule has 2 nitrogen and oxygen atoms in total. The Balaban J connectivity index is 2.23. The lowest BCUT2D eigenvalue weighted by molar-refractivity contribution is 0.192. The van der Waals surface area contributed by atoms with Gasteiger partial charge >= 0.3 is 0 Å². The first-order valence-electron chi connectivity index (χ1n) is 6.04. The first-order chi connectivity index (χ1) is 8.26. The summed E-state index contributed by atoms with van der Waals surface area (Å²) in [4.78, 5) is 0. The normalized spacial score (nSPS) is 13.1. The molecule has 0 aromatic heterocycles. The minimum Gasteiger partial charge on any atom is -0.423 e. The van der Waals surface area contributed by atoms with E-state index in [4.69, 9.17) is 9.16 Å². The average Bonchev–Trinajstić information content (AvgIpc) is 2.35. The van der Waals surface area contributed by atoms with E-state index >= 15 is 0 Å². The summed E-state index contributed by atoms with van der Waals surface area (Å²) < 4.78 is 10.9. The summed E-state index contributed by atoms with van der Waals surface area (Å²) in [5, 5.41) is 0. The molecule has 0 saturated heterocycles.